The molecule has 7 heteroatoms. The van der Waals surface area contributed by atoms with E-state index >= 15 is 0 Å². The van der Waals surface area contributed by atoms with Crippen molar-refractivity contribution >= 4 is 23.4 Å². The number of hydrogen-bond acceptors (Lipinski definition) is 5. The first-order valence-electron chi connectivity index (χ1n) is 11.0. The molecule has 32 heavy (non-hydrogen) atoms. The number of aromatic nitrogens is 3. The molecular formula is C25H32N4O2S. The minimum atomic E-state index is -0.257. The van der Waals surface area contributed by atoms with Crippen LogP contribution in [0, 0.1) is 13.8 Å². The molecule has 170 valence electrons. The topological polar surface area (TPSA) is 69.0 Å². The number of amides is 1. The Morgan fingerprint density at radius 2 is 1.78 bits per heavy atom. The van der Waals surface area contributed by atoms with Gasteiger partial charge in [0.25, 0.3) is 0 Å². The first kappa shape index (κ1) is 23.9. The van der Waals surface area contributed by atoms with Crippen LogP contribution in [0.3, 0.4) is 0 Å². The zero-order valence-corrected chi connectivity index (χ0v) is 20.5. The number of hydrogen-bond donors (Lipinski definition) is 1. The number of nitrogens with zero attached hydrogens (tertiary/aromatic N) is 3. The SMILES string of the molecule is CCn1c(SCC(=O)Nc2ccc(C(C)C)cc2)nnc1C(C)Oc1ccc(C)c(C)c1. The van der Waals surface area contributed by atoms with Crippen molar-refractivity contribution in [2.45, 2.75) is 65.3 Å². The fourth-order valence-corrected chi connectivity index (χ4v) is 4.14. The molecule has 1 aromatic heterocycles. The molecule has 0 saturated carbocycles. The first-order chi connectivity index (χ1) is 15.3. The first-order valence-corrected chi connectivity index (χ1v) is 12.0. The van der Waals surface area contributed by atoms with Gasteiger partial charge in [0.15, 0.2) is 17.1 Å². The Labute approximate surface area is 194 Å². The molecule has 1 heterocycles. The van der Waals surface area contributed by atoms with E-state index in [2.05, 4.69) is 49.3 Å². The Kier molecular flexibility index (Phi) is 7.96. The number of nitrogens with one attached hydrogen (secondary N) is 1. The average Bonchev–Trinajstić information content (AvgIpc) is 3.18. The molecule has 0 fully saturated rings. The predicted molar refractivity (Wildman–Crippen MR) is 131 cm³/mol. The van der Waals surface area contributed by atoms with E-state index in [-0.39, 0.29) is 17.8 Å². The van der Waals surface area contributed by atoms with Gasteiger partial charge in [-0.3, -0.25) is 4.79 Å². The molecule has 1 N–H and O–H groups in total. The minimum Gasteiger partial charge on any atom is -0.483 e. The van der Waals surface area contributed by atoms with E-state index in [0.29, 0.717) is 17.6 Å². The van der Waals surface area contributed by atoms with Crippen molar-refractivity contribution < 1.29 is 9.53 Å². The van der Waals surface area contributed by atoms with Crippen LogP contribution in [0.1, 0.15) is 62.2 Å². The number of anilines is 1. The van der Waals surface area contributed by atoms with Gasteiger partial charge in [-0.05, 0) is 74.6 Å². The van der Waals surface area contributed by atoms with Gasteiger partial charge < -0.3 is 14.6 Å². The smallest absolute Gasteiger partial charge is 0.234 e. The molecule has 0 aliphatic heterocycles. The molecule has 1 amide bonds. The second kappa shape index (κ2) is 10.7. The lowest BCUT2D eigenvalue weighted by Crippen LogP contribution is -2.15. The Morgan fingerprint density at radius 3 is 2.41 bits per heavy atom. The van der Waals surface area contributed by atoms with Gasteiger partial charge >= 0.3 is 0 Å². The van der Waals surface area contributed by atoms with Crippen LogP contribution >= 0.6 is 11.8 Å². The highest BCUT2D eigenvalue weighted by molar-refractivity contribution is 7.99. The van der Waals surface area contributed by atoms with Gasteiger partial charge in [-0.2, -0.15) is 0 Å². The Bertz CT molecular complexity index is 1060. The zero-order chi connectivity index (χ0) is 23.3. The number of aryl methyl sites for hydroxylation is 2. The fraction of sp³-hybridized carbons (Fsp3) is 0.400. The molecule has 3 rings (SSSR count). The summed E-state index contributed by atoms with van der Waals surface area (Å²) in [5.74, 6) is 2.21. The number of carbonyl (C=O) groups is 1. The lowest BCUT2D eigenvalue weighted by molar-refractivity contribution is -0.113. The van der Waals surface area contributed by atoms with Crippen molar-refractivity contribution in [2.24, 2.45) is 0 Å². The zero-order valence-electron chi connectivity index (χ0n) is 19.7. The summed E-state index contributed by atoms with van der Waals surface area (Å²) in [4.78, 5) is 12.4. The van der Waals surface area contributed by atoms with Gasteiger partial charge in [0.2, 0.25) is 5.91 Å². The summed E-state index contributed by atoms with van der Waals surface area (Å²) in [6.45, 7) is 13.1. The number of rotatable bonds is 9. The third-order valence-electron chi connectivity index (χ3n) is 5.41. The Balaban J connectivity index is 1.61. The molecule has 1 unspecified atom stereocenters. The van der Waals surface area contributed by atoms with Crippen LogP contribution in [0.25, 0.3) is 0 Å². The van der Waals surface area contributed by atoms with Crippen LogP contribution in [-0.4, -0.2) is 26.4 Å². The molecule has 3 aromatic rings. The monoisotopic (exact) mass is 452 g/mol. The second-order valence-corrected chi connectivity index (χ2v) is 9.15. The molecule has 0 aliphatic rings. The van der Waals surface area contributed by atoms with Crippen molar-refractivity contribution in [1.82, 2.24) is 14.8 Å². The van der Waals surface area contributed by atoms with Crippen LogP contribution in [-0.2, 0) is 11.3 Å². The Hall–Kier alpha value is -2.80. The molecular weight excluding hydrogens is 420 g/mol. The fourth-order valence-electron chi connectivity index (χ4n) is 3.33. The van der Waals surface area contributed by atoms with Gasteiger partial charge in [-0.1, -0.05) is 43.8 Å². The number of ether oxygens (including phenoxy) is 1. The molecule has 0 bridgehead atoms. The highest BCUT2D eigenvalue weighted by Crippen LogP contribution is 2.26. The summed E-state index contributed by atoms with van der Waals surface area (Å²) < 4.78 is 8.11. The van der Waals surface area contributed by atoms with E-state index < -0.39 is 0 Å². The molecule has 1 atom stereocenters. The molecule has 6 nitrogen and oxygen atoms in total. The third kappa shape index (κ3) is 5.91. The van der Waals surface area contributed by atoms with Crippen LogP contribution < -0.4 is 10.1 Å². The maximum Gasteiger partial charge on any atom is 0.234 e. The van der Waals surface area contributed by atoms with Crippen molar-refractivity contribution in [3.63, 3.8) is 0 Å². The summed E-state index contributed by atoms with van der Waals surface area (Å²) in [5.41, 5.74) is 4.47. The summed E-state index contributed by atoms with van der Waals surface area (Å²) in [5, 5.41) is 12.3. The maximum atomic E-state index is 12.4. The normalized spacial score (nSPS) is 12.1. The quantitative estimate of drug-likeness (QED) is 0.409. The van der Waals surface area contributed by atoms with E-state index in [1.165, 1.54) is 28.5 Å². The van der Waals surface area contributed by atoms with E-state index in [0.717, 1.165) is 17.3 Å². The van der Waals surface area contributed by atoms with Crippen LogP contribution in [0.15, 0.2) is 47.6 Å². The summed E-state index contributed by atoms with van der Waals surface area (Å²) in [6.07, 6.45) is -0.257. The maximum absolute atomic E-state index is 12.4. The molecule has 0 aliphatic carbocycles. The van der Waals surface area contributed by atoms with Gasteiger partial charge in [0.05, 0.1) is 5.75 Å². The highest BCUT2D eigenvalue weighted by atomic mass is 32.2. The van der Waals surface area contributed by atoms with E-state index in [1.54, 1.807) is 0 Å². The second-order valence-electron chi connectivity index (χ2n) is 8.20. The third-order valence-corrected chi connectivity index (χ3v) is 6.38. The summed E-state index contributed by atoms with van der Waals surface area (Å²) in [7, 11) is 0. The van der Waals surface area contributed by atoms with E-state index in [4.69, 9.17) is 4.74 Å². The molecule has 0 saturated heterocycles. The van der Waals surface area contributed by atoms with Crippen molar-refractivity contribution in [3.8, 4) is 5.75 Å². The van der Waals surface area contributed by atoms with Crippen LogP contribution in [0.5, 0.6) is 5.75 Å². The van der Waals surface area contributed by atoms with Crippen LogP contribution in [0.2, 0.25) is 0 Å². The summed E-state index contributed by atoms with van der Waals surface area (Å²) >= 11 is 1.38. The van der Waals surface area contributed by atoms with Crippen LogP contribution in [0.4, 0.5) is 5.69 Å². The molecule has 0 radical (unpaired) electrons. The predicted octanol–water partition coefficient (Wildman–Crippen LogP) is 5.91. The van der Waals surface area contributed by atoms with E-state index in [9.17, 15) is 4.79 Å². The standard InChI is InChI=1S/C25H32N4O2S/c1-7-29-24(19(6)31-22-13-8-17(4)18(5)14-22)27-28-25(29)32-15-23(30)26-21-11-9-20(10-12-21)16(2)3/h8-14,16,19H,7,15H2,1-6H3,(H,26,30). The number of thioether (sulfide) groups is 1. The average molecular weight is 453 g/mol. The van der Waals surface area contributed by atoms with Crippen molar-refractivity contribution in [2.75, 3.05) is 11.1 Å². The number of benzene rings is 2. The highest BCUT2D eigenvalue weighted by Gasteiger charge is 2.19. The van der Waals surface area contributed by atoms with Gasteiger partial charge in [-0.25, -0.2) is 0 Å². The lowest BCUT2D eigenvalue weighted by Gasteiger charge is -2.16. The van der Waals surface area contributed by atoms with Crippen molar-refractivity contribution in [3.05, 3.63) is 65.0 Å². The largest absolute Gasteiger partial charge is 0.483 e. The van der Waals surface area contributed by atoms with Gasteiger partial charge in [-0.15, -0.1) is 10.2 Å². The van der Waals surface area contributed by atoms with E-state index in [1.807, 2.05) is 54.8 Å². The summed E-state index contributed by atoms with van der Waals surface area (Å²) in [6, 6.07) is 14.0. The van der Waals surface area contributed by atoms with Gasteiger partial charge in [0.1, 0.15) is 5.75 Å². The number of carbonyl (C=O) groups excluding carboxylic acids is 1. The van der Waals surface area contributed by atoms with Crippen molar-refractivity contribution in [1.29, 1.82) is 0 Å². The Morgan fingerprint density at radius 1 is 1.06 bits per heavy atom. The lowest BCUT2D eigenvalue weighted by atomic mass is 10.0. The molecule has 0 spiro atoms. The molecule has 2 aromatic carbocycles. The van der Waals surface area contributed by atoms with Gasteiger partial charge in [0, 0.05) is 12.2 Å². The minimum absolute atomic E-state index is 0.0704.